The van der Waals surface area contributed by atoms with Gasteiger partial charge in [-0.1, -0.05) is 6.42 Å². The molecule has 2 aromatic heterocycles. The number of hydrogen-bond acceptors (Lipinski definition) is 4. The fourth-order valence-electron chi connectivity index (χ4n) is 4.13. The van der Waals surface area contributed by atoms with Crippen LogP contribution in [0.5, 0.6) is 0 Å². The van der Waals surface area contributed by atoms with Crippen LogP contribution in [0.15, 0.2) is 17.8 Å². The highest BCUT2D eigenvalue weighted by molar-refractivity contribution is 7.16. The second kappa shape index (κ2) is 4.44. The molecule has 3 nitrogen and oxygen atoms in total. The van der Waals surface area contributed by atoms with Crippen LogP contribution >= 0.6 is 11.3 Å². The molecular formula is C15H19N3S. The summed E-state index contributed by atoms with van der Waals surface area (Å²) < 4.78 is 0. The van der Waals surface area contributed by atoms with Crippen LogP contribution in [0.2, 0.25) is 0 Å². The average Bonchev–Trinajstić information content (AvgIpc) is 3.14. The molecule has 0 radical (unpaired) electrons. The minimum absolute atomic E-state index is 0.522. The van der Waals surface area contributed by atoms with E-state index in [0.29, 0.717) is 6.04 Å². The monoisotopic (exact) mass is 273 g/mol. The third-order valence-electron chi connectivity index (χ3n) is 5.06. The summed E-state index contributed by atoms with van der Waals surface area (Å²) in [7, 11) is 0. The normalized spacial score (nSPS) is 30.9. The van der Waals surface area contributed by atoms with Crippen molar-refractivity contribution in [3.05, 3.63) is 17.8 Å². The van der Waals surface area contributed by atoms with Crippen molar-refractivity contribution in [2.45, 2.75) is 38.6 Å². The maximum Gasteiger partial charge on any atom is 0.138 e. The highest BCUT2D eigenvalue weighted by Gasteiger charge is 2.41. The molecule has 2 aliphatic carbocycles. The van der Waals surface area contributed by atoms with E-state index < -0.39 is 0 Å². The standard InChI is InChI=1S/C15H19N3S/c1-9(13-7-10-2-3-11(13)6-10)18-14-12-4-5-19-15(12)17-8-16-14/h4-5,8-11,13H,2-3,6-7H2,1H3,(H,16,17,18). The number of nitrogens with zero attached hydrogens (tertiary/aromatic N) is 2. The number of nitrogens with one attached hydrogen (secondary N) is 1. The van der Waals surface area contributed by atoms with E-state index in [4.69, 9.17) is 0 Å². The Balaban J connectivity index is 1.56. The zero-order valence-electron chi connectivity index (χ0n) is 11.2. The van der Waals surface area contributed by atoms with Crippen molar-refractivity contribution in [1.82, 2.24) is 9.97 Å². The number of thiophene rings is 1. The minimum atomic E-state index is 0.522. The van der Waals surface area contributed by atoms with Crippen LogP contribution in [0.1, 0.15) is 32.6 Å². The quantitative estimate of drug-likeness (QED) is 0.920. The summed E-state index contributed by atoms with van der Waals surface area (Å²) in [4.78, 5) is 9.83. The van der Waals surface area contributed by atoms with Gasteiger partial charge in [0.15, 0.2) is 0 Å². The van der Waals surface area contributed by atoms with E-state index in [1.165, 1.54) is 31.1 Å². The summed E-state index contributed by atoms with van der Waals surface area (Å²) in [5.74, 6) is 3.81. The summed E-state index contributed by atoms with van der Waals surface area (Å²) in [6, 6.07) is 2.64. The molecule has 100 valence electrons. The predicted molar refractivity (Wildman–Crippen MR) is 79.4 cm³/mol. The first kappa shape index (κ1) is 11.6. The summed E-state index contributed by atoms with van der Waals surface area (Å²) in [6.45, 7) is 2.33. The summed E-state index contributed by atoms with van der Waals surface area (Å²) in [5.41, 5.74) is 0. The molecule has 0 saturated heterocycles. The first-order chi connectivity index (χ1) is 9.31. The number of anilines is 1. The van der Waals surface area contributed by atoms with E-state index >= 15 is 0 Å². The molecule has 0 aromatic carbocycles. The first-order valence-corrected chi connectivity index (χ1v) is 8.14. The van der Waals surface area contributed by atoms with Gasteiger partial charge in [0.05, 0.1) is 5.39 Å². The molecule has 2 aromatic rings. The van der Waals surface area contributed by atoms with E-state index in [0.717, 1.165) is 28.4 Å². The predicted octanol–water partition coefficient (Wildman–Crippen LogP) is 3.93. The Morgan fingerprint density at radius 3 is 3.05 bits per heavy atom. The van der Waals surface area contributed by atoms with Crippen LogP contribution in [0.3, 0.4) is 0 Å². The van der Waals surface area contributed by atoms with Gasteiger partial charge < -0.3 is 5.32 Å². The van der Waals surface area contributed by atoms with Gasteiger partial charge in [-0.3, -0.25) is 0 Å². The van der Waals surface area contributed by atoms with Crippen molar-refractivity contribution in [2.75, 3.05) is 5.32 Å². The van der Waals surface area contributed by atoms with Crippen LogP contribution in [0.4, 0.5) is 5.82 Å². The minimum Gasteiger partial charge on any atom is -0.367 e. The van der Waals surface area contributed by atoms with Crippen LogP contribution < -0.4 is 5.32 Å². The summed E-state index contributed by atoms with van der Waals surface area (Å²) in [6.07, 6.45) is 7.47. The Morgan fingerprint density at radius 1 is 1.32 bits per heavy atom. The average molecular weight is 273 g/mol. The van der Waals surface area contributed by atoms with Crippen LogP contribution in [0, 0.1) is 17.8 Å². The fourth-order valence-corrected chi connectivity index (χ4v) is 4.87. The molecule has 1 N–H and O–H groups in total. The Bertz CT molecular complexity index is 594. The summed E-state index contributed by atoms with van der Waals surface area (Å²) in [5, 5.41) is 6.91. The Labute approximate surface area is 117 Å². The molecule has 4 rings (SSSR count). The molecule has 4 unspecified atom stereocenters. The number of hydrogen-bond donors (Lipinski definition) is 1. The maximum absolute atomic E-state index is 4.44. The van der Waals surface area contributed by atoms with Gasteiger partial charge in [0.1, 0.15) is 17.0 Å². The molecule has 4 heteroatoms. The molecule has 19 heavy (non-hydrogen) atoms. The third kappa shape index (κ3) is 1.93. The molecule has 2 fully saturated rings. The van der Waals surface area contributed by atoms with Crippen molar-refractivity contribution >= 4 is 27.4 Å². The zero-order valence-corrected chi connectivity index (χ0v) is 12.0. The number of aromatic nitrogens is 2. The second-order valence-electron chi connectivity index (χ2n) is 6.13. The van der Waals surface area contributed by atoms with Gasteiger partial charge in [0.25, 0.3) is 0 Å². The SMILES string of the molecule is CC(Nc1ncnc2sccc12)C1CC2CCC1C2. The lowest BCUT2D eigenvalue weighted by Crippen LogP contribution is -2.30. The molecular weight excluding hydrogens is 254 g/mol. The van der Waals surface area contributed by atoms with Crippen molar-refractivity contribution in [3.63, 3.8) is 0 Å². The van der Waals surface area contributed by atoms with E-state index in [1.54, 1.807) is 17.7 Å². The van der Waals surface area contributed by atoms with Crippen molar-refractivity contribution in [2.24, 2.45) is 17.8 Å². The molecule has 0 amide bonds. The Kier molecular flexibility index (Phi) is 2.72. The van der Waals surface area contributed by atoms with Gasteiger partial charge in [0, 0.05) is 6.04 Å². The van der Waals surface area contributed by atoms with Crippen molar-refractivity contribution < 1.29 is 0 Å². The molecule has 2 heterocycles. The van der Waals surface area contributed by atoms with Gasteiger partial charge in [-0.05, 0) is 55.4 Å². The van der Waals surface area contributed by atoms with Crippen LogP contribution in [0.25, 0.3) is 10.2 Å². The molecule has 2 saturated carbocycles. The maximum atomic E-state index is 4.44. The van der Waals surface area contributed by atoms with Gasteiger partial charge >= 0.3 is 0 Å². The van der Waals surface area contributed by atoms with Crippen LogP contribution in [-0.4, -0.2) is 16.0 Å². The highest BCUT2D eigenvalue weighted by Crippen LogP contribution is 2.49. The number of rotatable bonds is 3. The summed E-state index contributed by atoms with van der Waals surface area (Å²) >= 11 is 1.68. The lowest BCUT2D eigenvalue weighted by atomic mass is 9.84. The zero-order chi connectivity index (χ0) is 12.8. The van der Waals surface area contributed by atoms with Gasteiger partial charge in [-0.25, -0.2) is 9.97 Å². The topological polar surface area (TPSA) is 37.8 Å². The lowest BCUT2D eigenvalue weighted by molar-refractivity contribution is 0.304. The molecule has 2 bridgehead atoms. The highest BCUT2D eigenvalue weighted by atomic mass is 32.1. The van der Waals surface area contributed by atoms with E-state index in [-0.39, 0.29) is 0 Å². The lowest BCUT2D eigenvalue weighted by Gasteiger charge is -2.29. The van der Waals surface area contributed by atoms with Crippen molar-refractivity contribution in [3.8, 4) is 0 Å². The van der Waals surface area contributed by atoms with Gasteiger partial charge in [-0.2, -0.15) is 0 Å². The van der Waals surface area contributed by atoms with Gasteiger partial charge in [0.2, 0.25) is 0 Å². The third-order valence-corrected chi connectivity index (χ3v) is 5.88. The largest absolute Gasteiger partial charge is 0.367 e. The van der Waals surface area contributed by atoms with E-state index in [1.807, 2.05) is 0 Å². The van der Waals surface area contributed by atoms with E-state index in [9.17, 15) is 0 Å². The second-order valence-corrected chi connectivity index (χ2v) is 7.03. The number of fused-ring (bicyclic) bond motifs is 3. The Morgan fingerprint density at radius 2 is 2.26 bits per heavy atom. The smallest absolute Gasteiger partial charge is 0.138 e. The van der Waals surface area contributed by atoms with Crippen molar-refractivity contribution in [1.29, 1.82) is 0 Å². The molecule has 4 atom stereocenters. The van der Waals surface area contributed by atoms with E-state index in [2.05, 4.69) is 33.7 Å². The Hall–Kier alpha value is -1.16. The molecule has 2 aliphatic rings. The van der Waals surface area contributed by atoms with Crippen LogP contribution in [-0.2, 0) is 0 Å². The molecule has 0 spiro atoms. The fraction of sp³-hybridized carbons (Fsp3) is 0.600. The van der Waals surface area contributed by atoms with Gasteiger partial charge in [-0.15, -0.1) is 11.3 Å². The molecule has 0 aliphatic heterocycles. The first-order valence-electron chi connectivity index (χ1n) is 7.26.